The summed E-state index contributed by atoms with van der Waals surface area (Å²) in [5, 5.41) is 30.1. The van der Waals surface area contributed by atoms with Crippen LogP contribution in [0.1, 0.15) is 105 Å². The van der Waals surface area contributed by atoms with E-state index in [-0.39, 0.29) is 11.8 Å². The first-order chi connectivity index (χ1) is 22.7. The molecule has 47 heavy (non-hydrogen) atoms. The number of aliphatic hydroxyl groups is 1. The zero-order valence-electron chi connectivity index (χ0n) is 28.6. The van der Waals surface area contributed by atoms with Gasteiger partial charge in [-0.05, 0) is 116 Å². The van der Waals surface area contributed by atoms with Crippen LogP contribution in [0, 0.1) is 28.6 Å². The molecule has 1 heterocycles. The second-order valence-corrected chi connectivity index (χ2v) is 13.3. The number of hydrogen-bond donors (Lipinski definition) is 4. The maximum atomic E-state index is 13.9. The third-order valence-corrected chi connectivity index (χ3v) is 10.5. The first kappa shape index (κ1) is 34.2. The quantitative estimate of drug-likeness (QED) is 0.0957. The molecule has 2 amide bonds. The molecule has 7 heteroatoms. The van der Waals surface area contributed by atoms with Crippen molar-refractivity contribution in [3.8, 4) is 11.1 Å². The SMILES string of the molecule is CCCCNc1ccc2c3c(cc(-c4cccc(C(=N)/C5=C(\C(C)=N)CCC6C(CC5)[C@H]6C)c4)cc13)C(=O)N(CCCC)C2=O.CO. The molecule has 2 unspecified atom stereocenters. The van der Waals surface area contributed by atoms with Gasteiger partial charge in [0.2, 0.25) is 0 Å². The molecule has 3 atom stereocenters. The molecule has 248 valence electrons. The number of aliphatic hydroxyl groups excluding tert-OH is 1. The van der Waals surface area contributed by atoms with Crippen molar-refractivity contribution in [2.24, 2.45) is 17.8 Å². The van der Waals surface area contributed by atoms with Gasteiger partial charge < -0.3 is 15.8 Å². The van der Waals surface area contributed by atoms with Crippen LogP contribution >= 0.6 is 0 Å². The largest absolute Gasteiger partial charge is 0.400 e. The molecule has 2 aliphatic carbocycles. The average molecular weight is 635 g/mol. The minimum absolute atomic E-state index is 0.217. The number of carbonyl (C=O) groups excluding carboxylic acids is 2. The lowest BCUT2D eigenvalue weighted by Gasteiger charge is -2.28. The van der Waals surface area contributed by atoms with Crippen LogP contribution in [0.2, 0.25) is 0 Å². The minimum Gasteiger partial charge on any atom is -0.400 e. The van der Waals surface area contributed by atoms with E-state index in [0.717, 1.165) is 127 Å². The highest BCUT2D eigenvalue weighted by molar-refractivity contribution is 6.27. The van der Waals surface area contributed by atoms with Gasteiger partial charge in [-0.1, -0.05) is 51.8 Å². The highest BCUT2D eigenvalue weighted by Crippen LogP contribution is 2.54. The first-order valence-corrected chi connectivity index (χ1v) is 17.4. The van der Waals surface area contributed by atoms with Gasteiger partial charge in [-0.15, -0.1) is 0 Å². The number of benzene rings is 3. The second kappa shape index (κ2) is 14.8. The number of rotatable bonds is 11. The number of carbonyl (C=O) groups is 2. The van der Waals surface area contributed by atoms with Crippen LogP contribution in [0.25, 0.3) is 21.9 Å². The van der Waals surface area contributed by atoms with Gasteiger partial charge in [0.05, 0.1) is 5.71 Å². The number of nitrogens with one attached hydrogen (secondary N) is 3. The zero-order chi connectivity index (χ0) is 33.8. The second-order valence-electron chi connectivity index (χ2n) is 13.3. The summed E-state index contributed by atoms with van der Waals surface area (Å²) >= 11 is 0. The fraction of sp³-hybridized carbons (Fsp3) is 0.450. The topological polar surface area (TPSA) is 117 Å². The van der Waals surface area contributed by atoms with E-state index in [1.807, 2.05) is 43.3 Å². The maximum absolute atomic E-state index is 13.9. The van der Waals surface area contributed by atoms with Crippen molar-refractivity contribution in [1.82, 2.24) is 4.90 Å². The molecule has 3 aliphatic rings. The highest BCUT2D eigenvalue weighted by atomic mass is 16.2. The molecule has 1 saturated carbocycles. The van der Waals surface area contributed by atoms with Crippen LogP contribution in [0.4, 0.5) is 5.69 Å². The predicted octanol–water partition coefficient (Wildman–Crippen LogP) is 8.88. The van der Waals surface area contributed by atoms with Crippen LogP contribution in [-0.2, 0) is 0 Å². The standard InChI is InChI=1S/C39H46N4O2.CH4O/c1-5-7-18-42-35-17-16-32-36-33(35)21-27(22-34(36)39(45)43(38(32)44)19-8-6-2)25-10-9-11-26(20-25)37(41)31-15-13-29-23(3)28(29)12-14-30(31)24(4)40;1-2/h9-11,16-17,20-23,28-29,40-42H,5-8,12-15,18-19H2,1-4H3;2H,1H3/b31-30-,40-24?,41-37?;/t23-,28?,29?;/m0./s1. The van der Waals surface area contributed by atoms with Gasteiger partial charge in [0.15, 0.2) is 0 Å². The van der Waals surface area contributed by atoms with Crippen molar-refractivity contribution in [1.29, 1.82) is 10.8 Å². The fourth-order valence-corrected chi connectivity index (χ4v) is 7.69. The molecule has 7 nitrogen and oxygen atoms in total. The third-order valence-electron chi connectivity index (χ3n) is 10.5. The lowest BCUT2D eigenvalue weighted by Crippen LogP contribution is -2.40. The van der Waals surface area contributed by atoms with Crippen molar-refractivity contribution in [3.63, 3.8) is 0 Å². The van der Waals surface area contributed by atoms with Gasteiger partial charge in [-0.2, -0.15) is 0 Å². The van der Waals surface area contributed by atoms with E-state index in [9.17, 15) is 15.0 Å². The molecule has 0 aromatic heterocycles. The van der Waals surface area contributed by atoms with Gasteiger partial charge in [-0.3, -0.25) is 19.9 Å². The number of anilines is 1. The van der Waals surface area contributed by atoms with E-state index in [1.165, 1.54) is 4.90 Å². The Hall–Kier alpha value is -4.10. The van der Waals surface area contributed by atoms with Gasteiger partial charge in [-0.25, -0.2) is 0 Å². The van der Waals surface area contributed by atoms with E-state index < -0.39 is 0 Å². The number of fused-ring (bicyclic) bond motifs is 1. The summed E-state index contributed by atoms with van der Waals surface area (Å²) in [7, 11) is 1.00. The number of nitrogens with zero attached hydrogens (tertiary/aromatic N) is 1. The number of allylic oxidation sites excluding steroid dienone is 2. The van der Waals surface area contributed by atoms with Crippen molar-refractivity contribution in [2.45, 2.75) is 79.1 Å². The van der Waals surface area contributed by atoms with Gasteiger partial charge in [0, 0.05) is 59.1 Å². The minimum atomic E-state index is -0.235. The Morgan fingerprint density at radius 1 is 0.872 bits per heavy atom. The summed E-state index contributed by atoms with van der Waals surface area (Å²) in [5.74, 6) is 1.81. The lowest BCUT2D eigenvalue weighted by atomic mass is 9.85. The van der Waals surface area contributed by atoms with E-state index in [4.69, 9.17) is 10.5 Å². The molecule has 6 rings (SSSR count). The number of unbranched alkanes of at least 4 members (excludes halogenated alkanes) is 2. The molecule has 0 spiro atoms. The number of hydrogen-bond acceptors (Lipinski definition) is 6. The van der Waals surface area contributed by atoms with Crippen LogP contribution in [0.3, 0.4) is 0 Å². The Bertz CT molecular complexity index is 1740. The Morgan fingerprint density at radius 2 is 1.55 bits per heavy atom. The normalized spacial score (nSPS) is 21.7. The number of imide groups is 1. The van der Waals surface area contributed by atoms with E-state index in [0.29, 0.717) is 29.1 Å². The first-order valence-electron chi connectivity index (χ1n) is 17.4. The Balaban J connectivity index is 0.00000213. The molecule has 3 aromatic rings. The summed E-state index contributed by atoms with van der Waals surface area (Å²) in [4.78, 5) is 28.8. The van der Waals surface area contributed by atoms with Gasteiger partial charge in [0.25, 0.3) is 11.8 Å². The van der Waals surface area contributed by atoms with Crippen LogP contribution in [-0.4, -0.2) is 53.4 Å². The molecule has 3 aromatic carbocycles. The summed E-state index contributed by atoms with van der Waals surface area (Å²) < 4.78 is 0. The van der Waals surface area contributed by atoms with E-state index in [1.54, 1.807) is 0 Å². The summed E-state index contributed by atoms with van der Waals surface area (Å²) in [6.07, 6.45) is 7.66. The molecule has 0 bridgehead atoms. The van der Waals surface area contributed by atoms with E-state index in [2.05, 4.69) is 38.2 Å². The predicted molar refractivity (Wildman–Crippen MR) is 193 cm³/mol. The molecule has 0 radical (unpaired) electrons. The fourth-order valence-electron chi connectivity index (χ4n) is 7.69. The van der Waals surface area contributed by atoms with Crippen molar-refractivity contribution in [2.75, 3.05) is 25.5 Å². The van der Waals surface area contributed by atoms with Crippen LogP contribution < -0.4 is 5.32 Å². The Morgan fingerprint density at radius 3 is 2.23 bits per heavy atom. The van der Waals surface area contributed by atoms with Gasteiger partial charge in [0.1, 0.15) is 0 Å². The summed E-state index contributed by atoms with van der Waals surface area (Å²) in [5.41, 5.74) is 7.85. The summed E-state index contributed by atoms with van der Waals surface area (Å²) in [6.45, 7) is 9.65. The smallest absolute Gasteiger partial charge is 0.261 e. The molecular formula is C40H50N4O3. The molecule has 0 saturated heterocycles. The molecule has 1 fully saturated rings. The van der Waals surface area contributed by atoms with E-state index >= 15 is 0 Å². The molecule has 4 N–H and O–H groups in total. The molecule has 1 aliphatic heterocycles. The third kappa shape index (κ3) is 6.68. The highest BCUT2D eigenvalue weighted by Gasteiger charge is 2.46. The summed E-state index contributed by atoms with van der Waals surface area (Å²) in [6, 6.07) is 16.0. The zero-order valence-corrected chi connectivity index (χ0v) is 28.6. The van der Waals surface area contributed by atoms with Crippen molar-refractivity contribution in [3.05, 3.63) is 76.4 Å². The van der Waals surface area contributed by atoms with Crippen molar-refractivity contribution >= 4 is 39.7 Å². The van der Waals surface area contributed by atoms with Crippen molar-refractivity contribution < 1.29 is 14.7 Å². The monoisotopic (exact) mass is 634 g/mol. The van der Waals surface area contributed by atoms with Crippen LogP contribution in [0.15, 0.2) is 59.7 Å². The lowest BCUT2D eigenvalue weighted by molar-refractivity contribution is 0.0608. The number of amides is 2. The van der Waals surface area contributed by atoms with Crippen LogP contribution in [0.5, 0.6) is 0 Å². The Labute approximate surface area is 279 Å². The molecular weight excluding hydrogens is 584 g/mol. The maximum Gasteiger partial charge on any atom is 0.261 e. The Kier molecular flexibility index (Phi) is 10.8. The van der Waals surface area contributed by atoms with Gasteiger partial charge >= 0.3 is 0 Å². The average Bonchev–Trinajstić information content (AvgIpc) is 3.69.